The standard InChI is InChI=1S/C14H25N5O2/c1-9(2)11-15-12(17-13(16-11)19(5)6)18-14(3,4)8-7-10(20)21/h9H,7-8H2,1-6H3,(H,20,21)(H,15,16,17,18). The highest BCUT2D eigenvalue weighted by Crippen LogP contribution is 2.20. The third-order valence-corrected chi connectivity index (χ3v) is 2.97. The Balaban J connectivity index is 2.98. The monoisotopic (exact) mass is 295 g/mol. The first-order chi connectivity index (χ1) is 9.60. The first-order valence-electron chi connectivity index (χ1n) is 7.04. The fourth-order valence-corrected chi connectivity index (χ4v) is 1.68. The number of hydrogen-bond acceptors (Lipinski definition) is 6. The van der Waals surface area contributed by atoms with E-state index in [1.165, 1.54) is 0 Å². The molecule has 2 N–H and O–H groups in total. The summed E-state index contributed by atoms with van der Waals surface area (Å²) in [7, 11) is 3.75. The summed E-state index contributed by atoms with van der Waals surface area (Å²) in [5.74, 6) is 1.16. The summed E-state index contributed by atoms with van der Waals surface area (Å²) in [6, 6.07) is 0. The van der Waals surface area contributed by atoms with Crippen LogP contribution in [0.3, 0.4) is 0 Å². The lowest BCUT2D eigenvalue weighted by Gasteiger charge is -2.26. The Morgan fingerprint density at radius 1 is 1.29 bits per heavy atom. The molecule has 1 aromatic rings. The molecule has 118 valence electrons. The van der Waals surface area contributed by atoms with E-state index in [4.69, 9.17) is 5.11 Å². The van der Waals surface area contributed by atoms with Crippen LogP contribution in [-0.4, -0.2) is 45.7 Å². The van der Waals surface area contributed by atoms with Crippen LogP contribution in [-0.2, 0) is 4.79 Å². The van der Waals surface area contributed by atoms with Gasteiger partial charge in [-0.1, -0.05) is 13.8 Å². The molecule has 0 aliphatic carbocycles. The molecular formula is C14H25N5O2. The zero-order valence-corrected chi connectivity index (χ0v) is 13.6. The van der Waals surface area contributed by atoms with Crippen LogP contribution in [0.4, 0.5) is 11.9 Å². The van der Waals surface area contributed by atoms with Gasteiger partial charge in [-0.05, 0) is 20.3 Å². The van der Waals surface area contributed by atoms with Crippen LogP contribution >= 0.6 is 0 Å². The summed E-state index contributed by atoms with van der Waals surface area (Å²) >= 11 is 0. The second kappa shape index (κ2) is 6.69. The zero-order valence-electron chi connectivity index (χ0n) is 13.6. The molecule has 0 atom stereocenters. The molecule has 0 fully saturated rings. The Labute approximate surface area is 125 Å². The van der Waals surface area contributed by atoms with Crippen LogP contribution in [0.2, 0.25) is 0 Å². The number of nitrogens with zero attached hydrogens (tertiary/aromatic N) is 4. The van der Waals surface area contributed by atoms with Crippen molar-refractivity contribution in [1.29, 1.82) is 0 Å². The highest BCUT2D eigenvalue weighted by molar-refractivity contribution is 5.66. The Kier molecular flexibility index (Phi) is 5.46. The summed E-state index contributed by atoms with van der Waals surface area (Å²) in [4.78, 5) is 25.7. The fraction of sp³-hybridized carbons (Fsp3) is 0.714. The number of carboxylic acid groups (broad SMARTS) is 1. The molecule has 0 aromatic carbocycles. The van der Waals surface area contributed by atoms with Gasteiger partial charge in [0.15, 0.2) is 0 Å². The van der Waals surface area contributed by atoms with Crippen LogP contribution in [0.15, 0.2) is 0 Å². The van der Waals surface area contributed by atoms with Gasteiger partial charge in [0.05, 0.1) is 0 Å². The molecule has 1 rings (SSSR count). The van der Waals surface area contributed by atoms with Crippen molar-refractivity contribution in [2.45, 2.75) is 52.0 Å². The van der Waals surface area contributed by atoms with E-state index >= 15 is 0 Å². The molecule has 0 bridgehead atoms. The lowest BCUT2D eigenvalue weighted by molar-refractivity contribution is -0.137. The van der Waals surface area contributed by atoms with Crippen LogP contribution in [0.25, 0.3) is 0 Å². The van der Waals surface area contributed by atoms with Crippen molar-refractivity contribution in [3.05, 3.63) is 5.82 Å². The van der Waals surface area contributed by atoms with Crippen LogP contribution < -0.4 is 10.2 Å². The third-order valence-electron chi connectivity index (χ3n) is 2.97. The first kappa shape index (κ1) is 17.1. The van der Waals surface area contributed by atoms with Gasteiger partial charge in [-0.2, -0.15) is 15.0 Å². The molecule has 0 spiro atoms. The Morgan fingerprint density at radius 2 is 1.90 bits per heavy atom. The summed E-state index contributed by atoms with van der Waals surface area (Å²) in [6.07, 6.45) is 0.588. The van der Waals surface area contributed by atoms with Crippen molar-refractivity contribution in [1.82, 2.24) is 15.0 Å². The number of aromatic nitrogens is 3. The van der Waals surface area contributed by atoms with Gasteiger partial charge >= 0.3 is 5.97 Å². The molecule has 0 saturated heterocycles. The van der Waals surface area contributed by atoms with E-state index in [9.17, 15) is 4.79 Å². The molecule has 0 amide bonds. The minimum absolute atomic E-state index is 0.0999. The van der Waals surface area contributed by atoms with Crippen molar-refractivity contribution >= 4 is 17.9 Å². The molecule has 0 aliphatic rings. The number of carbonyl (C=O) groups is 1. The number of aliphatic carboxylic acids is 1. The van der Waals surface area contributed by atoms with E-state index in [0.717, 1.165) is 0 Å². The predicted molar refractivity (Wildman–Crippen MR) is 82.8 cm³/mol. The highest BCUT2D eigenvalue weighted by Gasteiger charge is 2.21. The van der Waals surface area contributed by atoms with E-state index in [0.29, 0.717) is 24.1 Å². The average molecular weight is 295 g/mol. The molecule has 21 heavy (non-hydrogen) atoms. The quantitative estimate of drug-likeness (QED) is 0.796. The number of hydrogen-bond donors (Lipinski definition) is 2. The Hall–Kier alpha value is -1.92. The van der Waals surface area contributed by atoms with Crippen molar-refractivity contribution in [2.75, 3.05) is 24.3 Å². The number of rotatable bonds is 7. The molecule has 0 unspecified atom stereocenters. The van der Waals surface area contributed by atoms with E-state index in [-0.39, 0.29) is 12.3 Å². The topological polar surface area (TPSA) is 91.2 Å². The maximum Gasteiger partial charge on any atom is 0.303 e. The van der Waals surface area contributed by atoms with E-state index in [2.05, 4.69) is 20.3 Å². The summed E-state index contributed by atoms with van der Waals surface area (Å²) in [5.41, 5.74) is -0.405. The minimum Gasteiger partial charge on any atom is -0.481 e. The first-order valence-corrected chi connectivity index (χ1v) is 7.04. The van der Waals surface area contributed by atoms with Gasteiger partial charge in [0.25, 0.3) is 0 Å². The number of nitrogens with one attached hydrogen (secondary N) is 1. The largest absolute Gasteiger partial charge is 0.481 e. The van der Waals surface area contributed by atoms with Gasteiger partial charge in [0, 0.05) is 32.0 Å². The van der Waals surface area contributed by atoms with Crippen molar-refractivity contribution in [3.8, 4) is 0 Å². The van der Waals surface area contributed by atoms with Crippen LogP contribution in [0, 0.1) is 0 Å². The van der Waals surface area contributed by atoms with E-state index in [1.807, 2.05) is 46.7 Å². The Bertz CT molecular complexity index is 474. The summed E-state index contributed by atoms with van der Waals surface area (Å²) < 4.78 is 0. The van der Waals surface area contributed by atoms with Gasteiger partial charge < -0.3 is 15.3 Å². The number of carboxylic acids is 1. The number of anilines is 2. The normalized spacial score (nSPS) is 11.6. The van der Waals surface area contributed by atoms with Crippen LogP contribution in [0.1, 0.15) is 52.3 Å². The molecule has 0 saturated carbocycles. The predicted octanol–water partition coefficient (Wildman–Crippen LogP) is 2.12. The van der Waals surface area contributed by atoms with Gasteiger partial charge in [-0.25, -0.2) is 0 Å². The van der Waals surface area contributed by atoms with Crippen molar-refractivity contribution in [3.63, 3.8) is 0 Å². The average Bonchev–Trinajstić information content (AvgIpc) is 2.35. The van der Waals surface area contributed by atoms with Gasteiger partial charge in [0.2, 0.25) is 11.9 Å². The van der Waals surface area contributed by atoms with E-state index < -0.39 is 11.5 Å². The maximum absolute atomic E-state index is 10.7. The summed E-state index contributed by atoms with van der Waals surface area (Å²) in [6.45, 7) is 7.91. The fourth-order valence-electron chi connectivity index (χ4n) is 1.68. The molecule has 7 nitrogen and oxygen atoms in total. The lowest BCUT2D eigenvalue weighted by atomic mass is 9.99. The Morgan fingerprint density at radius 3 is 2.38 bits per heavy atom. The van der Waals surface area contributed by atoms with E-state index in [1.54, 1.807) is 0 Å². The molecule has 7 heteroatoms. The molecule has 1 aromatic heterocycles. The molecular weight excluding hydrogens is 270 g/mol. The van der Waals surface area contributed by atoms with Crippen molar-refractivity contribution in [2.24, 2.45) is 0 Å². The smallest absolute Gasteiger partial charge is 0.303 e. The molecule has 0 radical (unpaired) electrons. The van der Waals surface area contributed by atoms with Crippen molar-refractivity contribution < 1.29 is 9.90 Å². The van der Waals surface area contributed by atoms with Gasteiger partial charge in [0.1, 0.15) is 5.82 Å². The molecule has 0 aliphatic heterocycles. The molecule has 1 heterocycles. The summed E-state index contributed by atoms with van der Waals surface area (Å²) in [5, 5.41) is 12.0. The highest BCUT2D eigenvalue weighted by atomic mass is 16.4. The minimum atomic E-state index is -0.808. The third kappa shape index (κ3) is 5.53. The second-order valence-electron chi connectivity index (χ2n) is 6.27. The maximum atomic E-state index is 10.7. The SMILES string of the molecule is CC(C)c1nc(NC(C)(C)CCC(=O)O)nc(N(C)C)n1. The second-order valence-corrected chi connectivity index (χ2v) is 6.27. The zero-order chi connectivity index (χ0) is 16.2. The van der Waals surface area contributed by atoms with Gasteiger partial charge in [-0.15, -0.1) is 0 Å². The van der Waals surface area contributed by atoms with Crippen LogP contribution in [0.5, 0.6) is 0 Å². The lowest BCUT2D eigenvalue weighted by Crippen LogP contribution is -2.33. The van der Waals surface area contributed by atoms with Gasteiger partial charge in [-0.3, -0.25) is 4.79 Å².